The summed E-state index contributed by atoms with van der Waals surface area (Å²) in [5.74, 6) is 2.24. The number of pyridine rings is 1. The quantitative estimate of drug-likeness (QED) is 0.176. The van der Waals surface area contributed by atoms with Crippen LogP contribution in [0.2, 0.25) is 0 Å². The van der Waals surface area contributed by atoms with Gasteiger partial charge in [-0.15, -0.1) is 0 Å². The topological polar surface area (TPSA) is 71.7 Å². The molecule has 0 N–H and O–H groups in total. The van der Waals surface area contributed by atoms with Crippen molar-refractivity contribution in [1.82, 2.24) is 15.0 Å². The number of ether oxygens (including phenoxy) is 1. The lowest BCUT2D eigenvalue weighted by Crippen LogP contribution is -2.32. The fourth-order valence-corrected chi connectivity index (χ4v) is 8.76. The molecule has 58 heavy (non-hydrogen) atoms. The molecule has 1 aliphatic heterocycles. The second-order valence-electron chi connectivity index (χ2n) is 14.7. The molecule has 0 saturated heterocycles. The number of benzene rings is 7. The van der Waals surface area contributed by atoms with Gasteiger partial charge in [0.15, 0.2) is 5.82 Å². The minimum Gasteiger partial charge on any atom is -0.457 e. The molecular formula is C53H32N4O. The second-order valence-corrected chi connectivity index (χ2v) is 14.7. The molecule has 0 atom stereocenters. The third-order valence-electron chi connectivity index (χ3n) is 11.5. The smallest absolute Gasteiger partial charge is 0.160 e. The zero-order chi connectivity index (χ0) is 38.6. The molecule has 1 spiro atoms. The molecule has 5 heteroatoms. The van der Waals surface area contributed by atoms with Crippen LogP contribution in [-0.4, -0.2) is 15.0 Å². The lowest BCUT2D eigenvalue weighted by molar-refractivity contribution is 0.436. The lowest BCUT2D eigenvalue weighted by atomic mass is 9.65. The van der Waals surface area contributed by atoms with Gasteiger partial charge >= 0.3 is 0 Å². The van der Waals surface area contributed by atoms with Crippen molar-refractivity contribution in [1.29, 1.82) is 5.26 Å². The predicted octanol–water partition coefficient (Wildman–Crippen LogP) is 12.5. The minimum atomic E-state index is -0.705. The highest BCUT2D eigenvalue weighted by molar-refractivity contribution is 5.90. The van der Waals surface area contributed by atoms with E-state index in [0.29, 0.717) is 11.4 Å². The first kappa shape index (κ1) is 33.4. The maximum Gasteiger partial charge on any atom is 0.160 e. The van der Waals surface area contributed by atoms with E-state index < -0.39 is 5.41 Å². The van der Waals surface area contributed by atoms with Gasteiger partial charge in [-0.05, 0) is 88.5 Å². The number of aromatic nitrogens is 3. The molecule has 0 amide bonds. The van der Waals surface area contributed by atoms with E-state index in [0.717, 1.165) is 73.1 Å². The van der Waals surface area contributed by atoms with Crippen molar-refractivity contribution in [3.05, 3.63) is 222 Å². The molecule has 7 aromatic carbocycles. The molecule has 0 saturated carbocycles. The molecule has 2 aliphatic rings. The molecule has 5 nitrogen and oxygen atoms in total. The molecule has 3 heterocycles. The van der Waals surface area contributed by atoms with Gasteiger partial charge in [0, 0.05) is 45.1 Å². The van der Waals surface area contributed by atoms with Crippen molar-refractivity contribution < 1.29 is 4.74 Å². The zero-order valence-corrected chi connectivity index (χ0v) is 31.2. The molecule has 1 aliphatic carbocycles. The van der Waals surface area contributed by atoms with Crippen molar-refractivity contribution in [2.75, 3.05) is 0 Å². The van der Waals surface area contributed by atoms with Gasteiger partial charge in [0.2, 0.25) is 0 Å². The van der Waals surface area contributed by atoms with Crippen LogP contribution in [0.15, 0.2) is 194 Å². The largest absolute Gasteiger partial charge is 0.457 e. The highest BCUT2D eigenvalue weighted by Gasteiger charge is 2.51. The highest BCUT2D eigenvalue weighted by Crippen LogP contribution is 2.62. The summed E-state index contributed by atoms with van der Waals surface area (Å²) in [6.45, 7) is 0. The Kier molecular flexibility index (Phi) is 7.70. The van der Waals surface area contributed by atoms with Crippen LogP contribution in [0.25, 0.3) is 67.4 Å². The summed E-state index contributed by atoms with van der Waals surface area (Å²) in [7, 11) is 0. The van der Waals surface area contributed by atoms with Crippen LogP contribution >= 0.6 is 0 Å². The van der Waals surface area contributed by atoms with E-state index in [1.54, 1.807) is 0 Å². The summed E-state index contributed by atoms with van der Waals surface area (Å²) in [5, 5.41) is 9.27. The third-order valence-corrected chi connectivity index (χ3v) is 11.5. The molecule has 270 valence electrons. The van der Waals surface area contributed by atoms with E-state index in [1.807, 2.05) is 66.9 Å². The summed E-state index contributed by atoms with van der Waals surface area (Å²) in [5.41, 5.74) is 15.3. The van der Waals surface area contributed by atoms with Gasteiger partial charge in [0.1, 0.15) is 11.5 Å². The molecule has 11 rings (SSSR count). The van der Waals surface area contributed by atoms with Crippen LogP contribution in [0.5, 0.6) is 11.5 Å². The van der Waals surface area contributed by atoms with Crippen molar-refractivity contribution in [3.63, 3.8) is 0 Å². The van der Waals surface area contributed by atoms with E-state index >= 15 is 0 Å². The Balaban J connectivity index is 1.11. The average molecular weight is 741 g/mol. The van der Waals surface area contributed by atoms with Crippen molar-refractivity contribution in [2.45, 2.75) is 5.41 Å². The molecule has 0 bridgehead atoms. The molecule has 9 aromatic rings. The maximum atomic E-state index is 9.27. The molecule has 0 radical (unpaired) electrons. The van der Waals surface area contributed by atoms with Gasteiger partial charge in [-0.25, -0.2) is 9.97 Å². The number of nitrogens with zero attached hydrogens (tertiary/aromatic N) is 4. The average Bonchev–Trinajstić information content (AvgIpc) is 3.60. The van der Waals surface area contributed by atoms with Gasteiger partial charge in [-0.1, -0.05) is 127 Å². The fraction of sp³-hybridized carbons (Fsp3) is 0.0189. The number of hydrogen-bond donors (Lipinski definition) is 0. The van der Waals surface area contributed by atoms with E-state index in [2.05, 4.69) is 133 Å². The van der Waals surface area contributed by atoms with E-state index in [9.17, 15) is 5.26 Å². The highest BCUT2D eigenvalue weighted by atomic mass is 16.5. The number of fused-ring (bicyclic) bond motifs is 9. The van der Waals surface area contributed by atoms with Crippen LogP contribution in [0.3, 0.4) is 0 Å². The first-order valence-corrected chi connectivity index (χ1v) is 19.3. The third kappa shape index (κ3) is 5.27. The Bertz CT molecular complexity index is 2980. The number of rotatable bonds is 5. The van der Waals surface area contributed by atoms with Crippen LogP contribution in [0, 0.1) is 11.3 Å². The summed E-state index contributed by atoms with van der Waals surface area (Å²) in [6, 6.07) is 66.9. The maximum absolute atomic E-state index is 9.27. The van der Waals surface area contributed by atoms with Crippen molar-refractivity contribution >= 4 is 0 Å². The Morgan fingerprint density at radius 2 is 0.931 bits per heavy atom. The summed E-state index contributed by atoms with van der Waals surface area (Å²) in [6.07, 6.45) is 1.90. The van der Waals surface area contributed by atoms with Gasteiger partial charge in [0.25, 0.3) is 0 Å². The van der Waals surface area contributed by atoms with Crippen LogP contribution in [0.4, 0.5) is 0 Å². The minimum absolute atomic E-state index is 0.632. The Morgan fingerprint density at radius 3 is 1.50 bits per heavy atom. The lowest BCUT2D eigenvalue weighted by Gasteiger charge is -2.39. The van der Waals surface area contributed by atoms with Crippen LogP contribution < -0.4 is 4.74 Å². The van der Waals surface area contributed by atoms with E-state index in [1.165, 1.54) is 22.3 Å². The Morgan fingerprint density at radius 1 is 0.414 bits per heavy atom. The second kappa shape index (κ2) is 13.4. The molecule has 0 unspecified atom stereocenters. The van der Waals surface area contributed by atoms with E-state index in [4.69, 9.17) is 19.7 Å². The van der Waals surface area contributed by atoms with Crippen molar-refractivity contribution in [2.24, 2.45) is 0 Å². The summed E-state index contributed by atoms with van der Waals surface area (Å²) in [4.78, 5) is 15.4. The zero-order valence-electron chi connectivity index (χ0n) is 31.2. The van der Waals surface area contributed by atoms with Crippen molar-refractivity contribution in [3.8, 4) is 85.0 Å². The Hall–Kier alpha value is -7.94. The SMILES string of the molecule is N#Cc1ccc(-c2ccc(-c3ccc4c(c3)C3(c5cc(-c6nc(-c7ccccc7)cc(-c7ccccc7)n6)ccc5O4)c4ccccc4-c4ccccc43)nc2)cc1. The molecule has 2 aromatic heterocycles. The fourth-order valence-electron chi connectivity index (χ4n) is 8.76. The monoisotopic (exact) mass is 740 g/mol. The molecular weight excluding hydrogens is 709 g/mol. The normalized spacial score (nSPS) is 12.7. The Labute approximate surface area is 336 Å². The first-order chi connectivity index (χ1) is 28.7. The van der Waals surface area contributed by atoms with Gasteiger partial charge in [0.05, 0.1) is 34.1 Å². The predicted molar refractivity (Wildman–Crippen MR) is 229 cm³/mol. The first-order valence-electron chi connectivity index (χ1n) is 19.3. The van der Waals surface area contributed by atoms with Gasteiger partial charge < -0.3 is 4.74 Å². The van der Waals surface area contributed by atoms with Gasteiger partial charge in [-0.2, -0.15) is 5.26 Å². The molecule has 0 fully saturated rings. The van der Waals surface area contributed by atoms with Crippen LogP contribution in [-0.2, 0) is 5.41 Å². The van der Waals surface area contributed by atoms with E-state index in [-0.39, 0.29) is 0 Å². The van der Waals surface area contributed by atoms with Gasteiger partial charge in [-0.3, -0.25) is 4.98 Å². The summed E-state index contributed by atoms with van der Waals surface area (Å²) < 4.78 is 6.87. The number of nitriles is 1. The summed E-state index contributed by atoms with van der Waals surface area (Å²) >= 11 is 0. The number of hydrogen-bond acceptors (Lipinski definition) is 5. The van der Waals surface area contributed by atoms with Crippen LogP contribution in [0.1, 0.15) is 27.8 Å². The standard InChI is InChI=1S/C53H32N4O/c54-32-34-19-21-35(22-20-34)40-23-26-47(55-33-40)38-24-27-50-45(29-38)53(43-17-9-7-15-41(43)42-16-8-10-18-44(42)53)46-30-39(25-28-51(46)58-50)52-56-48(36-11-3-1-4-12-36)31-49(57-52)37-13-5-2-6-14-37/h1-31,33H.